The van der Waals surface area contributed by atoms with Crippen molar-refractivity contribution in [1.29, 1.82) is 0 Å². The number of fused-ring (bicyclic) bond motifs is 1. The second-order valence-corrected chi connectivity index (χ2v) is 15.9. The third-order valence-electron chi connectivity index (χ3n) is 9.67. The number of aryl methyl sites for hydroxylation is 1. The molecule has 5 rings (SSSR count). The zero-order valence-corrected chi connectivity index (χ0v) is 30.3. The number of thiazole rings is 1. The molecule has 0 spiro atoms. The monoisotopic (exact) mass is 750 g/mol. The molecule has 2 aromatic rings. The zero-order valence-electron chi connectivity index (χ0n) is 28.7. The maximum atomic E-state index is 13.5. The molecule has 3 aliphatic rings. The number of nitrogens with one attached hydrogen (secondary N) is 1. The van der Waals surface area contributed by atoms with E-state index < -0.39 is 57.2 Å². The van der Waals surface area contributed by atoms with Gasteiger partial charge in [0.1, 0.15) is 23.3 Å². The third kappa shape index (κ3) is 7.78. The number of amides is 2. The normalized spacial score (nSPS) is 27.7. The minimum atomic E-state index is -5.03. The molecular weight excluding hydrogens is 709 g/mol. The highest BCUT2D eigenvalue weighted by Gasteiger charge is 2.58. The van der Waals surface area contributed by atoms with Crippen molar-refractivity contribution in [2.75, 3.05) is 5.73 Å². The summed E-state index contributed by atoms with van der Waals surface area (Å²) in [5, 5.41) is 18.5. The van der Waals surface area contributed by atoms with E-state index in [1.165, 1.54) is 26.2 Å². The van der Waals surface area contributed by atoms with Crippen molar-refractivity contribution in [2.45, 2.75) is 102 Å². The van der Waals surface area contributed by atoms with Crippen molar-refractivity contribution in [3.8, 4) is 5.75 Å². The Morgan fingerprint density at radius 3 is 2.55 bits per heavy atom. The lowest BCUT2D eigenvalue weighted by Gasteiger charge is -2.50. The van der Waals surface area contributed by atoms with Gasteiger partial charge in [0.25, 0.3) is 17.4 Å². The molecule has 0 unspecified atom stereocenters. The van der Waals surface area contributed by atoms with E-state index >= 15 is 0 Å². The standard InChI is InChI=1S/C31H42N8O10S2/c1-15-13-30(4,11-10-18(15)32)37-24(33)17-6-8-20-16(12-17)7-9-21(47-20)31(5,27(42)43)48-38-22(19-14-50-28(34)35-19)25(40)36-23-26(41)39(29(23,2)3)49-51(44,45)46/h6,8,12,14-15,18,21,23H,7,9-11,13,32H2,1-5H3,(H2,33,37)(H2,34,35)(H,36,40)(H,42,43)(H,44,45,46)/b38-22-/t15-,18-,21+,23+,30+,31-/m0/s1. The molecule has 0 bridgehead atoms. The SMILES string of the molecule is C[C@H]1C[C@](C)(N=C(N)c2ccc3c(c2)CC[C@H]([C@](C)(O/N=C(\C(=O)N[C@@H]2C(=O)N(OS(=O)(=O)O)C2(C)C)c2csc(N)n2)C(=O)O)O3)CC[C@@H]1N. The lowest BCUT2D eigenvalue weighted by atomic mass is 9.75. The molecule has 20 heteroatoms. The van der Waals surface area contributed by atoms with Crippen LogP contribution in [-0.4, -0.2) is 92.3 Å². The summed E-state index contributed by atoms with van der Waals surface area (Å²) in [5.41, 5.74) is 15.4. The lowest BCUT2D eigenvalue weighted by Crippen LogP contribution is -2.76. The number of nitrogen functional groups attached to an aromatic ring is 1. The molecule has 1 saturated heterocycles. The Balaban J connectivity index is 1.35. The summed E-state index contributed by atoms with van der Waals surface area (Å²) in [6.45, 7) is 8.18. The van der Waals surface area contributed by atoms with Crippen LogP contribution in [0.3, 0.4) is 0 Å². The van der Waals surface area contributed by atoms with Gasteiger partial charge in [0.2, 0.25) is 0 Å². The molecule has 1 aliphatic carbocycles. The molecule has 6 atom stereocenters. The fourth-order valence-corrected chi connectivity index (χ4v) is 7.50. The number of anilines is 1. The van der Waals surface area contributed by atoms with E-state index in [1.54, 1.807) is 12.1 Å². The van der Waals surface area contributed by atoms with Crippen LogP contribution in [0.25, 0.3) is 0 Å². The molecule has 9 N–H and O–H groups in total. The van der Waals surface area contributed by atoms with Crippen molar-refractivity contribution in [3.05, 3.63) is 40.4 Å². The van der Waals surface area contributed by atoms with Gasteiger partial charge in [-0.2, -0.15) is 13.5 Å². The Morgan fingerprint density at radius 2 is 1.96 bits per heavy atom. The quantitative estimate of drug-likeness (QED) is 0.0618. The zero-order chi connectivity index (χ0) is 37.7. The molecule has 1 aromatic heterocycles. The number of hydrogen-bond donors (Lipinski definition) is 6. The Kier molecular flexibility index (Phi) is 10.1. The van der Waals surface area contributed by atoms with Gasteiger partial charge in [0.05, 0.1) is 11.1 Å². The number of oxime groups is 1. The number of nitrogens with zero attached hydrogens (tertiary/aromatic N) is 4. The number of carbonyl (C=O) groups excluding carboxylic acids is 2. The van der Waals surface area contributed by atoms with Gasteiger partial charge in [0.15, 0.2) is 16.9 Å². The molecule has 278 valence electrons. The summed E-state index contributed by atoms with van der Waals surface area (Å²) in [4.78, 5) is 53.4. The molecule has 18 nitrogen and oxygen atoms in total. The number of hydrogen-bond acceptors (Lipinski definition) is 14. The van der Waals surface area contributed by atoms with Crippen LogP contribution in [0.2, 0.25) is 0 Å². The van der Waals surface area contributed by atoms with Crippen LogP contribution in [0.1, 0.15) is 77.1 Å². The van der Waals surface area contributed by atoms with Crippen LogP contribution in [0.4, 0.5) is 5.13 Å². The molecule has 1 saturated carbocycles. The largest absolute Gasteiger partial charge is 0.485 e. The molecular formula is C31H42N8O10S2. The fourth-order valence-electron chi connectivity index (χ4n) is 6.50. The topological polar surface area (TPSA) is 284 Å². The summed E-state index contributed by atoms with van der Waals surface area (Å²) in [6, 6.07) is 4.10. The summed E-state index contributed by atoms with van der Waals surface area (Å²) >= 11 is 0.966. The third-order valence-corrected chi connectivity index (χ3v) is 10.7. The van der Waals surface area contributed by atoms with Crippen LogP contribution < -0.4 is 27.3 Å². The summed E-state index contributed by atoms with van der Waals surface area (Å²) in [7, 11) is -5.03. The van der Waals surface area contributed by atoms with E-state index in [2.05, 4.69) is 33.6 Å². The van der Waals surface area contributed by atoms with E-state index in [1.807, 2.05) is 6.07 Å². The smallest absolute Gasteiger partial charge is 0.418 e. The Labute approximate surface area is 298 Å². The lowest BCUT2D eigenvalue weighted by molar-refractivity contribution is -0.218. The first-order chi connectivity index (χ1) is 23.6. The predicted octanol–water partition coefficient (Wildman–Crippen LogP) is 1.13. The van der Waals surface area contributed by atoms with Crippen LogP contribution >= 0.6 is 11.3 Å². The number of carbonyl (C=O) groups is 3. The van der Waals surface area contributed by atoms with Crippen LogP contribution in [0.15, 0.2) is 33.7 Å². The number of nitrogens with two attached hydrogens (primary N) is 3. The second kappa shape index (κ2) is 13.6. The van der Waals surface area contributed by atoms with Gasteiger partial charge in [-0.05, 0) is 89.5 Å². The van der Waals surface area contributed by atoms with E-state index in [9.17, 15) is 27.9 Å². The number of benzene rings is 1. The molecule has 51 heavy (non-hydrogen) atoms. The van der Waals surface area contributed by atoms with E-state index in [4.69, 9.17) is 36.3 Å². The van der Waals surface area contributed by atoms with Gasteiger partial charge in [-0.1, -0.05) is 12.1 Å². The predicted molar refractivity (Wildman–Crippen MR) is 185 cm³/mol. The first kappa shape index (κ1) is 37.9. The average molecular weight is 751 g/mol. The van der Waals surface area contributed by atoms with Gasteiger partial charge >= 0.3 is 16.4 Å². The molecule has 2 aliphatic heterocycles. The second-order valence-electron chi connectivity index (χ2n) is 14.1. The first-order valence-electron chi connectivity index (χ1n) is 16.1. The Hall–Kier alpha value is -4.37. The number of rotatable bonds is 11. The van der Waals surface area contributed by atoms with Crippen LogP contribution in [0.5, 0.6) is 5.75 Å². The van der Waals surface area contributed by atoms with Crippen molar-refractivity contribution >= 4 is 56.2 Å². The minimum absolute atomic E-state index is 0.0585. The summed E-state index contributed by atoms with van der Waals surface area (Å²) < 4.78 is 41.8. The van der Waals surface area contributed by atoms with Gasteiger partial charge in [-0.25, -0.2) is 9.78 Å². The van der Waals surface area contributed by atoms with Gasteiger partial charge < -0.3 is 37.2 Å². The Morgan fingerprint density at radius 1 is 1.25 bits per heavy atom. The number of ether oxygens (including phenoxy) is 1. The van der Waals surface area contributed by atoms with Gasteiger partial charge in [-0.15, -0.1) is 15.6 Å². The number of aliphatic imine (C=N–C) groups is 1. The number of aliphatic carboxylic acids is 1. The maximum Gasteiger partial charge on any atom is 0.418 e. The van der Waals surface area contributed by atoms with Crippen molar-refractivity contribution < 1.29 is 46.3 Å². The highest BCUT2D eigenvalue weighted by molar-refractivity contribution is 7.80. The molecule has 1 aromatic carbocycles. The maximum absolute atomic E-state index is 13.5. The number of hydroxylamine groups is 2. The van der Waals surface area contributed by atoms with E-state index in [0.29, 0.717) is 34.6 Å². The molecule has 2 fully saturated rings. The van der Waals surface area contributed by atoms with Gasteiger partial charge in [0, 0.05) is 17.0 Å². The molecule has 3 heterocycles. The number of aromatic nitrogens is 1. The highest BCUT2D eigenvalue weighted by Crippen LogP contribution is 2.37. The summed E-state index contributed by atoms with van der Waals surface area (Å²) in [6.07, 6.45) is 2.03. The first-order valence-corrected chi connectivity index (χ1v) is 18.3. The van der Waals surface area contributed by atoms with Crippen molar-refractivity contribution in [2.24, 2.45) is 27.5 Å². The number of carboxylic acids is 1. The van der Waals surface area contributed by atoms with Crippen LogP contribution in [0, 0.1) is 5.92 Å². The molecule has 2 amide bonds. The molecule has 0 radical (unpaired) electrons. The van der Waals surface area contributed by atoms with Crippen molar-refractivity contribution in [1.82, 2.24) is 15.4 Å². The average Bonchev–Trinajstić information content (AvgIpc) is 3.48. The highest BCUT2D eigenvalue weighted by atomic mass is 32.3. The van der Waals surface area contributed by atoms with Crippen molar-refractivity contribution in [3.63, 3.8) is 0 Å². The van der Waals surface area contributed by atoms with Crippen LogP contribution in [-0.2, 0) is 40.3 Å². The number of amidine groups is 1. The number of β-lactam (4-membered cyclic amide) rings is 1. The van der Waals surface area contributed by atoms with E-state index in [0.717, 1.165) is 36.2 Å². The Bertz CT molecular complexity index is 1900. The van der Waals surface area contributed by atoms with E-state index in [-0.39, 0.29) is 28.8 Å². The fraction of sp³-hybridized carbons (Fsp3) is 0.548. The number of carboxylic acid groups (broad SMARTS) is 1. The minimum Gasteiger partial charge on any atom is -0.485 e. The summed E-state index contributed by atoms with van der Waals surface area (Å²) in [5.74, 6) is -2.33. The van der Waals surface area contributed by atoms with Gasteiger partial charge in [-0.3, -0.25) is 19.1 Å².